The van der Waals surface area contributed by atoms with Crippen molar-refractivity contribution in [3.8, 4) is 22.5 Å². The third kappa shape index (κ3) is 4.47. The van der Waals surface area contributed by atoms with E-state index >= 15 is 0 Å². The molecule has 2 aromatic carbocycles. The molecule has 1 heterocycles. The van der Waals surface area contributed by atoms with Crippen molar-refractivity contribution in [2.75, 3.05) is 12.3 Å². The van der Waals surface area contributed by atoms with Gasteiger partial charge >= 0.3 is 11.9 Å². The van der Waals surface area contributed by atoms with E-state index in [0.29, 0.717) is 0 Å². The van der Waals surface area contributed by atoms with Gasteiger partial charge in [0.2, 0.25) is 0 Å². The van der Waals surface area contributed by atoms with E-state index in [2.05, 4.69) is 4.99 Å². The lowest BCUT2D eigenvalue weighted by Crippen LogP contribution is -2.18. The predicted molar refractivity (Wildman–Crippen MR) is 132 cm³/mol. The zero-order chi connectivity index (χ0) is 28.2. The fourth-order valence-corrected chi connectivity index (χ4v) is 5.68. The first kappa shape index (κ1) is 26.7. The molecule has 38 heavy (non-hydrogen) atoms. The first-order chi connectivity index (χ1) is 17.7. The van der Waals surface area contributed by atoms with Gasteiger partial charge in [-0.15, -0.1) is 0 Å². The summed E-state index contributed by atoms with van der Waals surface area (Å²) in [5.74, 6) is -3.58. The maximum Gasteiger partial charge on any atom is 0.336 e. The number of benzene rings is 3. The normalized spacial score (nSPS) is 12.8. The third-order valence-corrected chi connectivity index (χ3v) is 7.43. The van der Waals surface area contributed by atoms with Crippen LogP contribution < -0.4 is 11.1 Å². The fraction of sp³-hybridized carbons (Fsp3) is 0.0870. The van der Waals surface area contributed by atoms with Gasteiger partial charge in [0.25, 0.3) is 20.2 Å². The van der Waals surface area contributed by atoms with Crippen LogP contribution in [0.1, 0.15) is 27.6 Å². The van der Waals surface area contributed by atoms with E-state index in [0.717, 1.165) is 24.3 Å². The monoisotopic (exact) mass is 562 g/mol. The summed E-state index contributed by atoms with van der Waals surface area (Å²) in [5.41, 5.74) is 3.42. The summed E-state index contributed by atoms with van der Waals surface area (Å²) in [6.45, 7) is 1.67. The Morgan fingerprint density at radius 2 is 1.53 bits per heavy atom. The summed E-state index contributed by atoms with van der Waals surface area (Å²) >= 11 is 0. The standard InChI is InChI=1S/C23H18N2O11S2/c1-2-25-16-8-6-13-17(11-4-3-10(22(26)27)9-14(11)23(28)29)12-5-7-15(24)20(37(30,31)32)18(12)36-19(13)21(16)38(33,34)35/h3-9H,2,24H2,1H3,(H,26,27)(H,28,29)(H,30,31,32)(H,33,34,35). The van der Waals surface area contributed by atoms with Gasteiger partial charge in [0.1, 0.15) is 0 Å². The highest BCUT2D eigenvalue weighted by Gasteiger charge is 2.32. The molecule has 0 saturated heterocycles. The highest BCUT2D eigenvalue weighted by atomic mass is 32.2. The molecule has 2 aromatic rings. The van der Waals surface area contributed by atoms with Crippen molar-refractivity contribution in [1.29, 1.82) is 0 Å². The van der Waals surface area contributed by atoms with Crippen LogP contribution in [0.5, 0.6) is 0 Å². The van der Waals surface area contributed by atoms with Gasteiger partial charge in [-0.1, -0.05) is 6.07 Å². The van der Waals surface area contributed by atoms with Gasteiger partial charge in [0.15, 0.2) is 21.1 Å². The second kappa shape index (κ2) is 9.21. The van der Waals surface area contributed by atoms with Crippen LogP contribution in [-0.4, -0.2) is 54.6 Å². The molecule has 4 rings (SSSR count). The van der Waals surface area contributed by atoms with Crippen LogP contribution in [0.4, 0.5) is 5.69 Å². The van der Waals surface area contributed by atoms with Gasteiger partial charge in [0.05, 0.1) is 22.2 Å². The second-order valence-electron chi connectivity index (χ2n) is 7.92. The molecule has 198 valence electrons. The summed E-state index contributed by atoms with van der Waals surface area (Å²) in [6.07, 6.45) is 0. The van der Waals surface area contributed by atoms with Gasteiger partial charge in [0, 0.05) is 23.1 Å². The number of carbonyl (C=O) groups is 2. The van der Waals surface area contributed by atoms with E-state index < -0.39 is 64.6 Å². The van der Waals surface area contributed by atoms with Crippen LogP contribution in [0.15, 0.2) is 61.7 Å². The first-order valence-corrected chi connectivity index (χ1v) is 13.4. The van der Waals surface area contributed by atoms with E-state index in [-0.39, 0.29) is 39.5 Å². The van der Waals surface area contributed by atoms with Gasteiger partial charge < -0.3 is 20.4 Å². The van der Waals surface area contributed by atoms with Crippen LogP contribution >= 0.6 is 0 Å². The number of carboxylic acid groups (broad SMARTS) is 2. The predicted octanol–water partition coefficient (Wildman–Crippen LogP) is 2.60. The van der Waals surface area contributed by atoms with E-state index in [9.17, 15) is 45.7 Å². The quantitative estimate of drug-likeness (QED) is 0.129. The lowest BCUT2D eigenvalue weighted by atomic mass is 9.89. The number of hydrogen-bond acceptors (Lipinski definition) is 9. The number of nitrogens with zero attached hydrogens (tertiary/aromatic N) is 1. The number of nitrogens with two attached hydrogens (primary N) is 1. The molecule has 0 saturated carbocycles. The molecule has 0 spiro atoms. The van der Waals surface area contributed by atoms with Crippen molar-refractivity contribution in [3.05, 3.63) is 58.9 Å². The highest BCUT2D eigenvalue weighted by Crippen LogP contribution is 2.45. The maximum atomic E-state index is 12.5. The summed E-state index contributed by atoms with van der Waals surface area (Å²) in [6, 6.07) is 8.01. The van der Waals surface area contributed by atoms with Gasteiger partial charge in [-0.25, -0.2) is 9.59 Å². The number of fused-ring (bicyclic) bond motifs is 2. The molecule has 13 nitrogen and oxygen atoms in total. The lowest BCUT2D eigenvalue weighted by Gasteiger charge is -2.20. The van der Waals surface area contributed by atoms with Crippen molar-refractivity contribution < 1.29 is 50.2 Å². The van der Waals surface area contributed by atoms with E-state index in [4.69, 9.17) is 10.2 Å². The van der Waals surface area contributed by atoms with E-state index in [1.807, 2.05) is 0 Å². The molecule has 0 aromatic heterocycles. The van der Waals surface area contributed by atoms with Gasteiger partial charge in [-0.3, -0.25) is 14.1 Å². The first-order valence-electron chi connectivity index (χ1n) is 10.5. The molecular weight excluding hydrogens is 544 g/mol. The number of aromatic carboxylic acids is 2. The van der Waals surface area contributed by atoms with Gasteiger partial charge in [-0.05, 0) is 48.9 Å². The molecule has 0 unspecified atom stereocenters. The zero-order valence-corrected chi connectivity index (χ0v) is 20.9. The number of carboxylic acids is 2. The number of nitrogen functional groups attached to an aromatic ring is 1. The molecular formula is C23H18N2O11S2. The molecule has 0 radical (unpaired) electrons. The smallest absolute Gasteiger partial charge is 0.336 e. The molecule has 6 N–H and O–H groups in total. The molecule has 2 aliphatic rings. The van der Waals surface area contributed by atoms with E-state index in [1.165, 1.54) is 18.2 Å². The SMILES string of the molecule is CCN=c1ccc2c(-c3ccc(C(=O)O)cc3C(=O)O)c3ccc(N)c(S(=O)(=O)O)c3oc-2c1S(=O)(=O)O. The Bertz CT molecular complexity index is 1930. The summed E-state index contributed by atoms with van der Waals surface area (Å²) in [5, 5.41) is 18.9. The Labute approximate surface area is 214 Å². The van der Waals surface area contributed by atoms with Crippen molar-refractivity contribution in [2.45, 2.75) is 16.7 Å². The van der Waals surface area contributed by atoms with Crippen LogP contribution in [0.2, 0.25) is 0 Å². The van der Waals surface area contributed by atoms with Crippen molar-refractivity contribution in [1.82, 2.24) is 0 Å². The van der Waals surface area contributed by atoms with Gasteiger partial charge in [-0.2, -0.15) is 16.8 Å². The zero-order valence-electron chi connectivity index (χ0n) is 19.2. The average molecular weight is 563 g/mol. The molecule has 1 aliphatic heterocycles. The van der Waals surface area contributed by atoms with Crippen LogP contribution in [-0.2, 0) is 20.2 Å². The fourth-order valence-electron chi connectivity index (χ4n) is 4.15. The molecule has 1 aliphatic carbocycles. The minimum atomic E-state index is -5.09. The average Bonchev–Trinajstić information content (AvgIpc) is 2.80. The Morgan fingerprint density at radius 1 is 0.895 bits per heavy atom. The maximum absolute atomic E-state index is 12.5. The second-order valence-corrected chi connectivity index (χ2v) is 10.6. The van der Waals surface area contributed by atoms with Crippen molar-refractivity contribution in [3.63, 3.8) is 0 Å². The van der Waals surface area contributed by atoms with Crippen molar-refractivity contribution >= 4 is 48.8 Å². The third-order valence-electron chi connectivity index (χ3n) is 5.59. The minimum absolute atomic E-state index is 0.0808. The minimum Gasteiger partial charge on any atom is -0.478 e. The van der Waals surface area contributed by atoms with Crippen LogP contribution in [0, 0.1) is 0 Å². The Morgan fingerprint density at radius 3 is 2.08 bits per heavy atom. The molecule has 0 fully saturated rings. The summed E-state index contributed by atoms with van der Waals surface area (Å²) in [7, 11) is -10.2. The molecule has 0 amide bonds. The summed E-state index contributed by atoms with van der Waals surface area (Å²) in [4.78, 5) is 25.9. The summed E-state index contributed by atoms with van der Waals surface area (Å²) < 4.78 is 75.1. The highest BCUT2D eigenvalue weighted by molar-refractivity contribution is 7.86. The Kier molecular flexibility index (Phi) is 6.48. The lowest BCUT2D eigenvalue weighted by molar-refractivity contribution is 0.0696. The largest absolute Gasteiger partial charge is 0.478 e. The number of anilines is 1. The molecule has 15 heteroatoms. The molecule has 0 bridgehead atoms. The topological polar surface area (TPSA) is 235 Å². The Balaban J connectivity index is 2.39. The number of rotatable bonds is 6. The number of hydrogen-bond donors (Lipinski definition) is 5. The Hall–Kier alpha value is -4.31. The van der Waals surface area contributed by atoms with E-state index in [1.54, 1.807) is 6.92 Å². The van der Waals surface area contributed by atoms with Crippen LogP contribution in [0.25, 0.3) is 33.4 Å². The molecule has 0 atom stereocenters. The van der Waals surface area contributed by atoms with Crippen molar-refractivity contribution in [2.24, 2.45) is 4.99 Å². The van der Waals surface area contributed by atoms with Crippen LogP contribution in [0.3, 0.4) is 0 Å².